The van der Waals surface area contributed by atoms with Gasteiger partial charge < -0.3 is 26.4 Å². The monoisotopic (exact) mass is 452 g/mol. The second-order valence-electron chi connectivity index (χ2n) is 6.63. The predicted molar refractivity (Wildman–Crippen MR) is 130 cm³/mol. The van der Waals surface area contributed by atoms with E-state index in [0.717, 1.165) is 12.0 Å². The van der Waals surface area contributed by atoms with Crippen molar-refractivity contribution in [3.63, 3.8) is 0 Å². The van der Waals surface area contributed by atoms with E-state index in [9.17, 15) is 14.4 Å². The maximum atomic E-state index is 12.9. The van der Waals surface area contributed by atoms with E-state index < -0.39 is 30.0 Å². The minimum Gasteiger partial charge on any atom is -0.467 e. The molecule has 0 spiro atoms. The zero-order chi connectivity index (χ0) is 24.9. The molecule has 1 aromatic carbocycles. The van der Waals surface area contributed by atoms with Gasteiger partial charge in [-0.15, -0.1) is 0 Å². The third-order valence-electron chi connectivity index (χ3n) is 4.49. The van der Waals surface area contributed by atoms with Gasteiger partial charge in [-0.2, -0.15) is 0 Å². The average Bonchev–Trinajstić information content (AvgIpc) is 2.85. The average molecular weight is 453 g/mol. The number of carbonyl (C=O) groups is 3. The molecule has 0 saturated heterocycles. The number of ether oxygens (including phenoxy) is 1. The van der Waals surface area contributed by atoms with Crippen LogP contribution in [0.2, 0.25) is 0 Å². The lowest BCUT2D eigenvalue weighted by molar-refractivity contribution is -0.145. The highest BCUT2D eigenvalue weighted by Gasteiger charge is 2.28. The van der Waals surface area contributed by atoms with Gasteiger partial charge in [-0.25, -0.2) is 4.79 Å². The summed E-state index contributed by atoms with van der Waals surface area (Å²) in [5.41, 5.74) is 6.40. The van der Waals surface area contributed by atoms with E-state index in [1.165, 1.54) is 7.11 Å². The summed E-state index contributed by atoms with van der Waals surface area (Å²) in [5.74, 6) is -1.24. The lowest BCUT2D eigenvalue weighted by Crippen LogP contribution is -2.55. The third-order valence-corrected chi connectivity index (χ3v) is 4.49. The summed E-state index contributed by atoms with van der Waals surface area (Å²) in [5, 5.41) is 8.33. The fourth-order valence-corrected chi connectivity index (χ4v) is 2.64. The molecule has 5 N–H and O–H groups in total. The van der Waals surface area contributed by atoms with Crippen molar-refractivity contribution in [3.8, 4) is 0 Å². The van der Waals surface area contributed by atoms with Gasteiger partial charge in [-0.05, 0) is 45.3 Å². The van der Waals surface area contributed by atoms with Crippen LogP contribution in [0.1, 0.15) is 59.4 Å². The molecule has 0 unspecified atom stereocenters. The predicted octanol–water partition coefficient (Wildman–Crippen LogP) is 2.16. The molecule has 32 heavy (non-hydrogen) atoms. The number of amides is 2. The Bertz CT molecular complexity index is 626. The van der Waals surface area contributed by atoms with Crippen molar-refractivity contribution in [2.75, 3.05) is 20.7 Å². The molecule has 0 saturated carbocycles. The van der Waals surface area contributed by atoms with Crippen LogP contribution in [0.25, 0.3) is 0 Å². The molecular weight excluding hydrogens is 408 g/mol. The number of likely N-dealkylation sites (N-methyl/N-ethyl adjacent to an activating group) is 1. The summed E-state index contributed by atoms with van der Waals surface area (Å²) in [6.07, 6.45) is 2.16. The van der Waals surface area contributed by atoms with E-state index in [2.05, 4.69) is 16.0 Å². The van der Waals surface area contributed by atoms with E-state index in [0.29, 0.717) is 25.8 Å². The number of esters is 1. The van der Waals surface area contributed by atoms with Crippen molar-refractivity contribution in [1.82, 2.24) is 16.0 Å². The van der Waals surface area contributed by atoms with Gasteiger partial charge in [0.15, 0.2) is 0 Å². The maximum Gasteiger partial charge on any atom is 0.328 e. The van der Waals surface area contributed by atoms with E-state index in [-0.39, 0.29) is 5.91 Å². The van der Waals surface area contributed by atoms with Crippen molar-refractivity contribution in [2.45, 2.75) is 78.4 Å². The largest absolute Gasteiger partial charge is 0.467 e. The molecule has 2 amide bonds. The highest BCUT2D eigenvalue weighted by Crippen LogP contribution is 2.07. The number of carbonyl (C=O) groups excluding carboxylic acids is 3. The Hall–Kier alpha value is -2.45. The molecule has 3 atom stereocenters. The number of unbranched alkanes of at least 4 members (excludes halogenated alkanes) is 1. The van der Waals surface area contributed by atoms with E-state index in [1.807, 2.05) is 58.0 Å². The van der Waals surface area contributed by atoms with Crippen LogP contribution in [0, 0.1) is 0 Å². The first-order valence-electron chi connectivity index (χ1n) is 11.5. The molecule has 0 aromatic heterocycles. The Kier molecular flexibility index (Phi) is 20.3. The smallest absolute Gasteiger partial charge is 0.328 e. The number of nitrogens with one attached hydrogen (secondary N) is 3. The van der Waals surface area contributed by atoms with Crippen LogP contribution >= 0.6 is 0 Å². The van der Waals surface area contributed by atoms with Gasteiger partial charge in [-0.3, -0.25) is 9.59 Å². The first-order valence-corrected chi connectivity index (χ1v) is 11.5. The van der Waals surface area contributed by atoms with Crippen molar-refractivity contribution in [1.29, 1.82) is 0 Å². The molecule has 0 heterocycles. The van der Waals surface area contributed by atoms with Crippen LogP contribution in [-0.2, 0) is 25.5 Å². The zero-order valence-corrected chi connectivity index (χ0v) is 20.9. The number of hydrogen-bond acceptors (Lipinski definition) is 6. The minimum absolute atomic E-state index is 0.295. The Labute approximate surface area is 194 Å². The second-order valence-corrected chi connectivity index (χ2v) is 6.63. The molecule has 0 aliphatic rings. The van der Waals surface area contributed by atoms with Gasteiger partial charge in [0.25, 0.3) is 0 Å². The van der Waals surface area contributed by atoms with Crippen LogP contribution in [0.3, 0.4) is 0 Å². The molecule has 1 rings (SSSR count). The molecule has 1 aromatic rings. The highest BCUT2D eigenvalue weighted by atomic mass is 16.5. The Morgan fingerprint density at radius 1 is 0.938 bits per heavy atom. The second kappa shape index (κ2) is 20.5. The van der Waals surface area contributed by atoms with E-state index in [4.69, 9.17) is 10.5 Å². The molecule has 0 fully saturated rings. The maximum absolute atomic E-state index is 12.9. The van der Waals surface area contributed by atoms with Gasteiger partial charge >= 0.3 is 5.97 Å². The summed E-state index contributed by atoms with van der Waals surface area (Å²) >= 11 is 0. The molecule has 8 heteroatoms. The SMILES string of the molecule is CC.CC.CN[C@@H](C)C(=O)N[C@@H](Cc1ccccc1)C(=O)N[C@@H](CCCCN)C(=O)OC. The van der Waals surface area contributed by atoms with Crippen molar-refractivity contribution >= 4 is 17.8 Å². The lowest BCUT2D eigenvalue weighted by atomic mass is 10.0. The normalized spacial score (nSPS) is 12.5. The van der Waals surface area contributed by atoms with Gasteiger partial charge in [0.1, 0.15) is 12.1 Å². The van der Waals surface area contributed by atoms with Crippen LogP contribution in [-0.4, -0.2) is 56.6 Å². The molecular formula is C24H44N4O4. The van der Waals surface area contributed by atoms with Gasteiger partial charge in [0, 0.05) is 6.42 Å². The van der Waals surface area contributed by atoms with Crippen LogP contribution in [0.4, 0.5) is 0 Å². The number of benzene rings is 1. The minimum atomic E-state index is -0.813. The van der Waals surface area contributed by atoms with Crippen LogP contribution < -0.4 is 21.7 Å². The Morgan fingerprint density at radius 2 is 1.50 bits per heavy atom. The van der Waals surface area contributed by atoms with Gasteiger partial charge in [-0.1, -0.05) is 58.0 Å². The van der Waals surface area contributed by atoms with Gasteiger partial charge in [0.05, 0.1) is 13.2 Å². The molecule has 0 aliphatic heterocycles. The number of methoxy groups -OCH3 is 1. The molecule has 0 bridgehead atoms. The van der Waals surface area contributed by atoms with Crippen molar-refractivity contribution in [2.24, 2.45) is 5.73 Å². The quantitative estimate of drug-likeness (QED) is 0.285. The van der Waals surface area contributed by atoms with Gasteiger partial charge in [0.2, 0.25) is 11.8 Å². The topological polar surface area (TPSA) is 123 Å². The third kappa shape index (κ3) is 13.1. The molecule has 0 aliphatic carbocycles. The standard InChI is InChI=1S/C20H32N4O4.2C2H6/c1-14(22-2)18(25)24-17(13-15-9-5-4-6-10-15)19(26)23-16(20(27)28-3)11-7-8-12-21;2*1-2/h4-6,9-10,14,16-17,22H,7-8,11-13,21H2,1-3H3,(H,23,26)(H,24,25);2*1-2H3/t14-,16-,17-;;/m0../s1. The fraction of sp³-hybridized carbons (Fsp3) is 0.625. The summed E-state index contributed by atoms with van der Waals surface area (Å²) in [7, 11) is 2.95. The zero-order valence-electron chi connectivity index (χ0n) is 20.9. The molecule has 184 valence electrons. The van der Waals surface area contributed by atoms with Crippen molar-refractivity contribution < 1.29 is 19.1 Å². The Balaban J connectivity index is 0. The van der Waals surface area contributed by atoms with E-state index in [1.54, 1.807) is 14.0 Å². The summed E-state index contributed by atoms with van der Waals surface area (Å²) in [4.78, 5) is 37.2. The first-order chi connectivity index (χ1) is 15.4. The lowest BCUT2D eigenvalue weighted by Gasteiger charge is -2.23. The summed E-state index contributed by atoms with van der Waals surface area (Å²) in [6.45, 7) is 10.2. The molecule has 0 radical (unpaired) electrons. The number of hydrogen-bond donors (Lipinski definition) is 4. The van der Waals surface area contributed by atoms with Crippen LogP contribution in [0.15, 0.2) is 30.3 Å². The van der Waals surface area contributed by atoms with Crippen molar-refractivity contribution in [3.05, 3.63) is 35.9 Å². The first kappa shape index (κ1) is 31.7. The fourth-order valence-electron chi connectivity index (χ4n) is 2.64. The summed E-state index contributed by atoms with van der Waals surface area (Å²) in [6, 6.07) is 7.34. The Morgan fingerprint density at radius 3 is 2.00 bits per heavy atom. The number of rotatable bonds is 12. The number of nitrogens with two attached hydrogens (primary N) is 1. The molecule has 8 nitrogen and oxygen atoms in total. The summed E-state index contributed by atoms with van der Waals surface area (Å²) < 4.78 is 4.80. The van der Waals surface area contributed by atoms with E-state index >= 15 is 0 Å². The highest BCUT2D eigenvalue weighted by molar-refractivity contribution is 5.92. The van der Waals surface area contributed by atoms with Crippen LogP contribution in [0.5, 0.6) is 0 Å².